The molecule has 4 nitrogen and oxygen atoms in total. The highest BCUT2D eigenvalue weighted by Gasteiger charge is 2.20. The number of methoxy groups -OCH3 is 1. The average molecular weight is 235 g/mol. The van der Waals surface area contributed by atoms with Gasteiger partial charge in [0.05, 0.1) is 7.11 Å². The van der Waals surface area contributed by atoms with Gasteiger partial charge in [-0.25, -0.2) is 4.79 Å². The van der Waals surface area contributed by atoms with Gasteiger partial charge in [-0.3, -0.25) is 4.79 Å². The van der Waals surface area contributed by atoms with E-state index < -0.39 is 12.0 Å². The van der Waals surface area contributed by atoms with Crippen molar-refractivity contribution in [3.8, 4) is 0 Å². The van der Waals surface area contributed by atoms with E-state index in [9.17, 15) is 9.59 Å². The average Bonchev–Trinajstić information content (AvgIpc) is 2.29. The van der Waals surface area contributed by atoms with E-state index in [1.165, 1.54) is 14.0 Å². The zero-order valence-corrected chi connectivity index (χ0v) is 10.3. The highest BCUT2D eigenvalue weighted by molar-refractivity contribution is 5.83. The van der Waals surface area contributed by atoms with Crippen LogP contribution in [-0.2, 0) is 20.7 Å². The van der Waals surface area contributed by atoms with E-state index >= 15 is 0 Å². The van der Waals surface area contributed by atoms with Gasteiger partial charge in [-0.1, -0.05) is 24.3 Å². The summed E-state index contributed by atoms with van der Waals surface area (Å²) in [5.41, 5.74) is 2.11. The molecule has 0 saturated carbocycles. The molecule has 0 aliphatic carbocycles. The van der Waals surface area contributed by atoms with Gasteiger partial charge in [0.1, 0.15) is 6.04 Å². The Morgan fingerprint density at radius 2 is 2.00 bits per heavy atom. The van der Waals surface area contributed by atoms with Gasteiger partial charge in [-0.2, -0.15) is 0 Å². The summed E-state index contributed by atoms with van der Waals surface area (Å²) in [5, 5.41) is 2.59. The molecule has 0 aliphatic heterocycles. The molecule has 1 amide bonds. The number of esters is 1. The van der Waals surface area contributed by atoms with E-state index in [4.69, 9.17) is 0 Å². The maximum absolute atomic E-state index is 11.5. The Labute approximate surface area is 101 Å². The summed E-state index contributed by atoms with van der Waals surface area (Å²) < 4.78 is 4.67. The topological polar surface area (TPSA) is 55.4 Å². The van der Waals surface area contributed by atoms with Crippen molar-refractivity contribution < 1.29 is 14.3 Å². The van der Waals surface area contributed by atoms with Crippen LogP contribution < -0.4 is 5.32 Å². The number of hydrogen-bond donors (Lipinski definition) is 1. The summed E-state index contributed by atoms with van der Waals surface area (Å²) in [6.07, 6.45) is 0.443. The van der Waals surface area contributed by atoms with Crippen molar-refractivity contribution >= 4 is 11.9 Å². The predicted octanol–water partition coefficient (Wildman–Crippen LogP) is 1.22. The molecule has 0 bridgehead atoms. The molecule has 0 spiro atoms. The fourth-order valence-corrected chi connectivity index (χ4v) is 1.64. The van der Waals surface area contributed by atoms with E-state index in [2.05, 4.69) is 10.1 Å². The monoisotopic (exact) mass is 235 g/mol. The zero-order valence-electron chi connectivity index (χ0n) is 10.3. The molecule has 1 atom stereocenters. The molecule has 17 heavy (non-hydrogen) atoms. The maximum atomic E-state index is 11.5. The quantitative estimate of drug-likeness (QED) is 0.798. The molecular formula is C13H17NO3. The molecular weight excluding hydrogens is 218 g/mol. The number of amides is 1. The van der Waals surface area contributed by atoms with Gasteiger partial charge in [-0.15, -0.1) is 0 Å². The number of carbonyl (C=O) groups is 2. The fraction of sp³-hybridized carbons (Fsp3) is 0.385. The SMILES string of the molecule is COC(=O)[C@H](Cc1ccccc1C)NC(C)=O. The first-order chi connectivity index (χ1) is 8.04. The van der Waals surface area contributed by atoms with Crippen LogP contribution >= 0.6 is 0 Å². The summed E-state index contributed by atoms with van der Waals surface area (Å²) >= 11 is 0. The number of ether oxygens (including phenoxy) is 1. The highest BCUT2D eigenvalue weighted by atomic mass is 16.5. The second kappa shape index (κ2) is 6.03. The van der Waals surface area contributed by atoms with Crippen molar-refractivity contribution in [3.05, 3.63) is 35.4 Å². The fourth-order valence-electron chi connectivity index (χ4n) is 1.64. The second-order valence-electron chi connectivity index (χ2n) is 3.91. The van der Waals surface area contributed by atoms with Crippen LogP contribution in [0.5, 0.6) is 0 Å². The standard InChI is InChI=1S/C13H17NO3/c1-9-6-4-5-7-11(9)8-12(13(16)17-3)14-10(2)15/h4-7,12H,8H2,1-3H3,(H,14,15)/t12-/m0/s1. The van der Waals surface area contributed by atoms with Crippen molar-refractivity contribution in [2.24, 2.45) is 0 Å². The van der Waals surface area contributed by atoms with Crippen molar-refractivity contribution in [2.45, 2.75) is 26.3 Å². The van der Waals surface area contributed by atoms with Crippen LogP contribution in [0.25, 0.3) is 0 Å². The Bertz CT molecular complexity index is 415. The minimum atomic E-state index is -0.626. The molecule has 0 aliphatic rings. The molecule has 0 aromatic heterocycles. The van der Waals surface area contributed by atoms with Gasteiger partial charge in [-0.05, 0) is 18.1 Å². The Kier molecular flexibility index (Phi) is 4.69. The number of aryl methyl sites for hydroxylation is 1. The van der Waals surface area contributed by atoms with Crippen LogP contribution in [0.4, 0.5) is 0 Å². The van der Waals surface area contributed by atoms with E-state index in [-0.39, 0.29) is 5.91 Å². The minimum absolute atomic E-state index is 0.242. The highest BCUT2D eigenvalue weighted by Crippen LogP contribution is 2.10. The van der Waals surface area contributed by atoms with Crippen molar-refractivity contribution in [1.29, 1.82) is 0 Å². The molecule has 0 fully saturated rings. The van der Waals surface area contributed by atoms with E-state index in [0.717, 1.165) is 11.1 Å². The first-order valence-electron chi connectivity index (χ1n) is 5.44. The molecule has 92 valence electrons. The van der Waals surface area contributed by atoms with Gasteiger partial charge < -0.3 is 10.1 Å². The van der Waals surface area contributed by atoms with Gasteiger partial charge >= 0.3 is 5.97 Å². The summed E-state index contributed by atoms with van der Waals surface area (Å²) in [5.74, 6) is -0.669. The van der Waals surface area contributed by atoms with E-state index in [0.29, 0.717) is 6.42 Å². The van der Waals surface area contributed by atoms with Crippen molar-refractivity contribution in [2.75, 3.05) is 7.11 Å². The first kappa shape index (κ1) is 13.2. The number of hydrogen-bond acceptors (Lipinski definition) is 3. The summed E-state index contributed by atoms with van der Waals surface area (Å²) in [4.78, 5) is 22.6. The van der Waals surface area contributed by atoms with E-state index in [1.54, 1.807) is 0 Å². The lowest BCUT2D eigenvalue weighted by Crippen LogP contribution is -2.42. The lowest BCUT2D eigenvalue weighted by atomic mass is 10.0. The van der Waals surface area contributed by atoms with Gasteiger partial charge in [0.2, 0.25) is 5.91 Å². The smallest absolute Gasteiger partial charge is 0.328 e. The minimum Gasteiger partial charge on any atom is -0.467 e. The number of rotatable bonds is 4. The van der Waals surface area contributed by atoms with Crippen LogP contribution in [0.2, 0.25) is 0 Å². The van der Waals surface area contributed by atoms with Crippen LogP contribution in [-0.4, -0.2) is 25.0 Å². The third kappa shape index (κ3) is 3.90. The molecule has 0 saturated heterocycles. The van der Waals surface area contributed by atoms with Crippen molar-refractivity contribution in [1.82, 2.24) is 5.32 Å². The summed E-state index contributed by atoms with van der Waals surface area (Å²) in [6, 6.07) is 7.12. The number of nitrogens with one attached hydrogen (secondary N) is 1. The zero-order chi connectivity index (χ0) is 12.8. The van der Waals surface area contributed by atoms with Crippen LogP contribution in [0.3, 0.4) is 0 Å². The molecule has 0 unspecified atom stereocenters. The third-order valence-electron chi connectivity index (χ3n) is 2.55. The maximum Gasteiger partial charge on any atom is 0.328 e. The third-order valence-corrected chi connectivity index (χ3v) is 2.55. The van der Waals surface area contributed by atoms with Crippen LogP contribution in [0.1, 0.15) is 18.1 Å². The van der Waals surface area contributed by atoms with Gasteiger partial charge in [0.15, 0.2) is 0 Å². The second-order valence-corrected chi connectivity index (χ2v) is 3.91. The molecule has 1 aromatic rings. The Morgan fingerprint density at radius 3 is 2.53 bits per heavy atom. The molecule has 4 heteroatoms. The van der Waals surface area contributed by atoms with Gasteiger partial charge in [0.25, 0.3) is 0 Å². The van der Waals surface area contributed by atoms with Crippen LogP contribution in [0, 0.1) is 6.92 Å². The molecule has 1 rings (SSSR count). The summed E-state index contributed by atoms with van der Waals surface area (Å²) in [6.45, 7) is 3.35. The van der Waals surface area contributed by atoms with Crippen LogP contribution in [0.15, 0.2) is 24.3 Å². The Hall–Kier alpha value is -1.84. The molecule has 1 N–H and O–H groups in total. The van der Waals surface area contributed by atoms with Crippen molar-refractivity contribution in [3.63, 3.8) is 0 Å². The Balaban J connectivity index is 2.82. The predicted molar refractivity (Wildman–Crippen MR) is 64.5 cm³/mol. The molecule has 0 radical (unpaired) electrons. The van der Waals surface area contributed by atoms with E-state index in [1.807, 2.05) is 31.2 Å². The molecule has 0 heterocycles. The normalized spacial score (nSPS) is 11.7. The largest absolute Gasteiger partial charge is 0.467 e. The first-order valence-corrected chi connectivity index (χ1v) is 5.44. The van der Waals surface area contributed by atoms with Gasteiger partial charge in [0, 0.05) is 13.3 Å². The molecule has 1 aromatic carbocycles. The lowest BCUT2D eigenvalue weighted by Gasteiger charge is -2.16. The number of carbonyl (C=O) groups excluding carboxylic acids is 2. The lowest BCUT2D eigenvalue weighted by molar-refractivity contribution is -0.144. The summed E-state index contributed by atoms with van der Waals surface area (Å²) in [7, 11) is 1.31. The number of benzene rings is 1. The Morgan fingerprint density at radius 1 is 1.35 bits per heavy atom.